The van der Waals surface area contributed by atoms with E-state index in [1.165, 1.54) is 0 Å². The Labute approximate surface area is 148 Å². The summed E-state index contributed by atoms with van der Waals surface area (Å²) in [5, 5.41) is 3.55. The van der Waals surface area contributed by atoms with Gasteiger partial charge in [0.05, 0.1) is 5.69 Å². The van der Waals surface area contributed by atoms with Crippen LogP contribution in [0.2, 0.25) is 0 Å². The summed E-state index contributed by atoms with van der Waals surface area (Å²) < 4.78 is 6.64. The molecule has 0 bridgehead atoms. The highest BCUT2D eigenvalue weighted by molar-refractivity contribution is 9.10. The van der Waals surface area contributed by atoms with E-state index < -0.39 is 0 Å². The maximum Gasteiger partial charge on any atom is 0.230 e. The van der Waals surface area contributed by atoms with Crippen LogP contribution in [-0.4, -0.2) is 11.7 Å². The molecule has 24 heavy (non-hydrogen) atoms. The van der Waals surface area contributed by atoms with Crippen LogP contribution in [-0.2, 0) is 4.79 Å². The van der Waals surface area contributed by atoms with Crippen molar-refractivity contribution >= 4 is 44.3 Å². The molecule has 3 rings (SSSR count). The normalized spacial score (nSPS) is 11.0. The molecule has 4 nitrogen and oxygen atoms in total. The number of carbonyl (C=O) groups excluding carboxylic acids is 2. The van der Waals surface area contributed by atoms with Gasteiger partial charge < -0.3 is 9.73 Å². The van der Waals surface area contributed by atoms with E-state index in [1.54, 1.807) is 44.2 Å². The lowest BCUT2D eigenvalue weighted by atomic mass is 10.1. The van der Waals surface area contributed by atoms with Crippen molar-refractivity contribution in [3.63, 3.8) is 0 Å². The fourth-order valence-corrected chi connectivity index (χ4v) is 2.59. The van der Waals surface area contributed by atoms with Crippen LogP contribution in [0, 0.1) is 5.92 Å². The molecule has 0 spiro atoms. The fraction of sp³-hybridized carbons (Fsp3) is 0.158. The molecule has 1 heterocycles. The summed E-state index contributed by atoms with van der Waals surface area (Å²) in [7, 11) is 0. The molecule has 0 saturated heterocycles. The average molecular weight is 386 g/mol. The number of nitrogens with one attached hydrogen (secondary N) is 1. The van der Waals surface area contributed by atoms with Gasteiger partial charge in [0, 0.05) is 21.3 Å². The predicted octanol–water partition coefficient (Wildman–Crippen LogP) is 5.02. The fourth-order valence-electron chi connectivity index (χ4n) is 2.33. The maximum absolute atomic E-state index is 12.8. The van der Waals surface area contributed by atoms with E-state index >= 15 is 0 Å². The molecule has 0 atom stereocenters. The molecule has 1 N–H and O–H groups in total. The van der Waals surface area contributed by atoms with Gasteiger partial charge in [0.2, 0.25) is 11.7 Å². The van der Waals surface area contributed by atoms with Crippen LogP contribution in [0.3, 0.4) is 0 Å². The van der Waals surface area contributed by atoms with Crippen molar-refractivity contribution in [2.75, 3.05) is 5.32 Å². The van der Waals surface area contributed by atoms with Gasteiger partial charge in [0.15, 0.2) is 5.76 Å². The highest BCUT2D eigenvalue weighted by Gasteiger charge is 2.23. The van der Waals surface area contributed by atoms with E-state index in [0.717, 1.165) is 4.47 Å². The van der Waals surface area contributed by atoms with Gasteiger partial charge in [-0.15, -0.1) is 0 Å². The third kappa shape index (κ3) is 3.12. The van der Waals surface area contributed by atoms with E-state index in [9.17, 15) is 9.59 Å². The van der Waals surface area contributed by atoms with Crippen molar-refractivity contribution in [3.05, 3.63) is 64.3 Å². The first-order valence-electron chi connectivity index (χ1n) is 7.60. The Morgan fingerprint density at radius 3 is 2.38 bits per heavy atom. The minimum atomic E-state index is -0.266. The molecule has 5 heteroatoms. The average Bonchev–Trinajstić information content (AvgIpc) is 2.93. The molecule has 0 fully saturated rings. The number of anilines is 1. The van der Waals surface area contributed by atoms with Crippen molar-refractivity contribution in [2.45, 2.75) is 13.8 Å². The number of amides is 1. The van der Waals surface area contributed by atoms with E-state index in [4.69, 9.17) is 4.42 Å². The Kier molecular flexibility index (Phi) is 4.53. The third-order valence-corrected chi connectivity index (χ3v) is 4.21. The van der Waals surface area contributed by atoms with Crippen molar-refractivity contribution in [1.29, 1.82) is 0 Å². The van der Waals surface area contributed by atoms with Crippen molar-refractivity contribution in [3.8, 4) is 0 Å². The number of hydrogen-bond donors (Lipinski definition) is 1. The van der Waals surface area contributed by atoms with E-state index in [1.807, 2.05) is 18.2 Å². The quantitative estimate of drug-likeness (QED) is 0.641. The van der Waals surface area contributed by atoms with E-state index in [2.05, 4.69) is 21.2 Å². The molecule has 1 amide bonds. The Morgan fingerprint density at radius 1 is 1.04 bits per heavy atom. The number of benzene rings is 2. The molecule has 0 aliphatic carbocycles. The van der Waals surface area contributed by atoms with Crippen LogP contribution in [0.5, 0.6) is 0 Å². The summed E-state index contributed by atoms with van der Waals surface area (Å²) in [6.45, 7) is 3.60. The molecule has 2 aromatic carbocycles. The Morgan fingerprint density at radius 2 is 1.71 bits per heavy atom. The summed E-state index contributed by atoms with van der Waals surface area (Å²) in [5.74, 6) is -0.481. The second-order valence-corrected chi connectivity index (χ2v) is 6.70. The molecule has 0 aliphatic rings. The van der Waals surface area contributed by atoms with Gasteiger partial charge in [-0.25, -0.2) is 0 Å². The molecular formula is C19H16BrNO3. The van der Waals surface area contributed by atoms with Crippen LogP contribution in [0.1, 0.15) is 30.0 Å². The van der Waals surface area contributed by atoms with Crippen LogP contribution < -0.4 is 5.32 Å². The topological polar surface area (TPSA) is 59.3 Å². The predicted molar refractivity (Wildman–Crippen MR) is 97.3 cm³/mol. The number of furan rings is 1. The number of fused-ring (bicyclic) bond motifs is 1. The second-order valence-electron chi connectivity index (χ2n) is 5.78. The molecule has 3 aromatic rings. The van der Waals surface area contributed by atoms with E-state index in [0.29, 0.717) is 22.2 Å². The second kappa shape index (κ2) is 6.61. The van der Waals surface area contributed by atoms with Gasteiger partial charge >= 0.3 is 0 Å². The lowest BCUT2D eigenvalue weighted by Gasteiger charge is -2.08. The molecule has 122 valence electrons. The van der Waals surface area contributed by atoms with Crippen LogP contribution in [0.15, 0.2) is 57.4 Å². The molecule has 0 radical (unpaired) electrons. The summed E-state index contributed by atoms with van der Waals surface area (Å²) in [4.78, 5) is 25.0. The lowest BCUT2D eigenvalue weighted by Crippen LogP contribution is -2.19. The summed E-state index contributed by atoms with van der Waals surface area (Å²) >= 11 is 3.35. The SMILES string of the molecule is CC(C)C(=O)Nc1c(C(=O)c2ccc(Br)cc2)oc2ccccc12. The minimum absolute atomic E-state index is 0.146. The number of halogens is 1. The Hall–Kier alpha value is -2.40. The Bertz CT molecular complexity index is 910. The van der Waals surface area contributed by atoms with Gasteiger partial charge in [-0.3, -0.25) is 9.59 Å². The van der Waals surface area contributed by atoms with Gasteiger partial charge in [-0.2, -0.15) is 0 Å². The molecule has 1 aromatic heterocycles. The minimum Gasteiger partial charge on any atom is -0.450 e. The van der Waals surface area contributed by atoms with Crippen molar-refractivity contribution in [1.82, 2.24) is 0 Å². The molecule has 0 aliphatic heterocycles. The first-order chi connectivity index (χ1) is 11.5. The first kappa shape index (κ1) is 16.5. The lowest BCUT2D eigenvalue weighted by molar-refractivity contribution is -0.118. The van der Waals surface area contributed by atoms with Gasteiger partial charge in [0.25, 0.3) is 0 Å². The summed E-state index contributed by atoms with van der Waals surface area (Å²) in [6, 6.07) is 14.3. The standard InChI is InChI=1S/C19H16BrNO3/c1-11(2)19(23)21-16-14-5-3-4-6-15(14)24-18(16)17(22)12-7-9-13(20)10-8-12/h3-11H,1-2H3,(H,21,23). The van der Waals surface area contributed by atoms with Gasteiger partial charge in [-0.05, 0) is 36.4 Å². The van der Waals surface area contributed by atoms with Crippen molar-refractivity contribution in [2.24, 2.45) is 5.92 Å². The Balaban J connectivity index is 2.10. The smallest absolute Gasteiger partial charge is 0.230 e. The number of carbonyl (C=O) groups is 2. The number of rotatable bonds is 4. The monoisotopic (exact) mass is 385 g/mol. The van der Waals surface area contributed by atoms with Crippen LogP contribution in [0.25, 0.3) is 11.0 Å². The van der Waals surface area contributed by atoms with Crippen LogP contribution >= 0.6 is 15.9 Å². The van der Waals surface area contributed by atoms with E-state index in [-0.39, 0.29) is 23.4 Å². The highest BCUT2D eigenvalue weighted by Crippen LogP contribution is 2.33. The molecular weight excluding hydrogens is 370 g/mol. The van der Waals surface area contributed by atoms with Gasteiger partial charge in [0.1, 0.15) is 5.58 Å². The van der Waals surface area contributed by atoms with Gasteiger partial charge in [-0.1, -0.05) is 41.9 Å². The number of para-hydroxylation sites is 1. The number of ketones is 1. The third-order valence-electron chi connectivity index (χ3n) is 3.68. The largest absolute Gasteiger partial charge is 0.450 e. The first-order valence-corrected chi connectivity index (χ1v) is 8.39. The summed E-state index contributed by atoms with van der Waals surface area (Å²) in [5.41, 5.74) is 1.49. The zero-order valence-corrected chi connectivity index (χ0v) is 14.9. The van der Waals surface area contributed by atoms with Crippen molar-refractivity contribution < 1.29 is 14.0 Å². The number of hydrogen-bond acceptors (Lipinski definition) is 3. The van der Waals surface area contributed by atoms with Crippen LogP contribution in [0.4, 0.5) is 5.69 Å². The zero-order chi connectivity index (χ0) is 17.3. The molecule has 0 unspecified atom stereocenters. The highest BCUT2D eigenvalue weighted by atomic mass is 79.9. The molecule has 0 saturated carbocycles. The summed E-state index contributed by atoms with van der Waals surface area (Å²) in [6.07, 6.45) is 0. The zero-order valence-electron chi connectivity index (χ0n) is 13.3. The maximum atomic E-state index is 12.8.